The highest BCUT2D eigenvalue weighted by Gasteiger charge is 2.63. The number of ketones is 1. The fourth-order valence-corrected chi connectivity index (χ4v) is 6.63. The molecule has 0 saturated carbocycles. The number of allylic oxidation sites excluding steroid dienone is 1. The first-order chi connectivity index (χ1) is 15.6. The van der Waals surface area contributed by atoms with Gasteiger partial charge in [-0.2, -0.15) is 5.11 Å². The van der Waals surface area contributed by atoms with E-state index in [2.05, 4.69) is 35.5 Å². The van der Waals surface area contributed by atoms with E-state index in [0.29, 0.717) is 39.1 Å². The average Bonchev–Trinajstić information content (AvgIpc) is 3.30. The number of carbonyl (C=O) groups excluding carboxylic acids is 2. The van der Waals surface area contributed by atoms with Gasteiger partial charge in [0.15, 0.2) is 11.6 Å². The number of hydrogen-bond acceptors (Lipinski definition) is 6. The zero-order valence-electron chi connectivity index (χ0n) is 19.7. The van der Waals surface area contributed by atoms with Gasteiger partial charge in [0.2, 0.25) is 0 Å². The molecule has 1 aromatic rings. The van der Waals surface area contributed by atoms with Gasteiger partial charge >= 0.3 is 0 Å². The SMILES string of the molecule is Cc1cc(C)cc(C(=O)N2CC3(C2)C[C@]2(CO3)C3=C(N=NC3)NC3=C2C(=O)CC(C)(C)C3)c1. The van der Waals surface area contributed by atoms with E-state index in [-0.39, 0.29) is 17.1 Å². The van der Waals surface area contributed by atoms with Crippen LogP contribution >= 0.6 is 0 Å². The predicted octanol–water partition coefficient (Wildman–Crippen LogP) is 3.83. The van der Waals surface area contributed by atoms with Crippen LogP contribution in [0.4, 0.5) is 0 Å². The Balaban J connectivity index is 1.29. The quantitative estimate of drug-likeness (QED) is 0.711. The van der Waals surface area contributed by atoms with E-state index in [1.165, 1.54) is 0 Å². The lowest BCUT2D eigenvalue weighted by molar-refractivity contribution is -0.119. The number of likely N-dealkylation sites (tertiary alicyclic amines) is 1. The van der Waals surface area contributed by atoms with Gasteiger partial charge in [-0.25, -0.2) is 0 Å². The summed E-state index contributed by atoms with van der Waals surface area (Å²) in [5, 5.41) is 12.1. The maximum atomic E-state index is 13.4. The van der Waals surface area contributed by atoms with Crippen LogP contribution in [0, 0.1) is 24.7 Å². The lowest BCUT2D eigenvalue weighted by Crippen LogP contribution is -2.63. The zero-order valence-corrected chi connectivity index (χ0v) is 19.7. The van der Waals surface area contributed by atoms with Crippen molar-refractivity contribution in [3.8, 4) is 0 Å². The highest BCUT2D eigenvalue weighted by atomic mass is 16.5. The van der Waals surface area contributed by atoms with E-state index < -0.39 is 11.0 Å². The summed E-state index contributed by atoms with van der Waals surface area (Å²) in [6, 6.07) is 5.97. The summed E-state index contributed by atoms with van der Waals surface area (Å²) < 4.78 is 6.47. The molecule has 0 bridgehead atoms. The van der Waals surface area contributed by atoms with Gasteiger partial charge in [-0.1, -0.05) is 31.0 Å². The van der Waals surface area contributed by atoms with E-state index in [1.54, 1.807) is 0 Å². The van der Waals surface area contributed by atoms with Crippen molar-refractivity contribution in [2.24, 2.45) is 21.1 Å². The third-order valence-corrected chi connectivity index (χ3v) is 7.85. The summed E-state index contributed by atoms with van der Waals surface area (Å²) in [7, 11) is 0. The molecule has 1 amide bonds. The topological polar surface area (TPSA) is 83.4 Å². The molecule has 172 valence electrons. The molecule has 1 aromatic carbocycles. The number of dihydropyridines is 1. The van der Waals surface area contributed by atoms with E-state index in [9.17, 15) is 9.59 Å². The predicted molar refractivity (Wildman–Crippen MR) is 122 cm³/mol. The molecular weight excluding hydrogens is 416 g/mol. The molecule has 33 heavy (non-hydrogen) atoms. The Morgan fingerprint density at radius 2 is 1.85 bits per heavy atom. The highest BCUT2D eigenvalue weighted by molar-refractivity contribution is 6.00. The third-order valence-electron chi connectivity index (χ3n) is 7.85. The van der Waals surface area contributed by atoms with Crippen LogP contribution in [0.25, 0.3) is 0 Å². The average molecular weight is 447 g/mol. The van der Waals surface area contributed by atoms with Crippen molar-refractivity contribution < 1.29 is 14.3 Å². The first kappa shape index (κ1) is 20.8. The Morgan fingerprint density at radius 3 is 2.58 bits per heavy atom. The minimum absolute atomic E-state index is 0.0449. The molecule has 6 rings (SSSR count). The first-order valence-electron chi connectivity index (χ1n) is 11.8. The highest BCUT2D eigenvalue weighted by Crippen LogP contribution is 2.58. The van der Waals surface area contributed by atoms with Crippen LogP contribution in [0.5, 0.6) is 0 Å². The van der Waals surface area contributed by atoms with Gasteiger partial charge in [0, 0.05) is 28.8 Å². The van der Waals surface area contributed by atoms with E-state index in [1.807, 2.05) is 30.9 Å². The van der Waals surface area contributed by atoms with Gasteiger partial charge in [0.25, 0.3) is 5.91 Å². The summed E-state index contributed by atoms with van der Waals surface area (Å²) in [5.74, 6) is 1.04. The van der Waals surface area contributed by atoms with Gasteiger partial charge in [0.1, 0.15) is 5.60 Å². The molecular formula is C26H30N4O3. The van der Waals surface area contributed by atoms with Crippen LogP contribution in [0.3, 0.4) is 0 Å². The van der Waals surface area contributed by atoms with Gasteiger partial charge < -0.3 is 15.0 Å². The number of nitrogens with one attached hydrogen (secondary N) is 1. The molecule has 4 aliphatic heterocycles. The summed E-state index contributed by atoms with van der Waals surface area (Å²) in [5.41, 5.74) is 4.86. The van der Waals surface area contributed by atoms with E-state index in [0.717, 1.165) is 45.8 Å². The van der Waals surface area contributed by atoms with Crippen LogP contribution in [0.1, 0.15) is 54.6 Å². The maximum absolute atomic E-state index is 13.4. The Kier molecular flexibility index (Phi) is 4.17. The Morgan fingerprint density at radius 1 is 1.12 bits per heavy atom. The minimum Gasteiger partial charge on any atom is -0.370 e. The summed E-state index contributed by atoms with van der Waals surface area (Å²) >= 11 is 0. The second kappa shape index (κ2) is 6.63. The van der Waals surface area contributed by atoms with Crippen molar-refractivity contribution in [3.05, 3.63) is 57.6 Å². The van der Waals surface area contributed by atoms with Crippen molar-refractivity contribution in [2.75, 3.05) is 26.2 Å². The molecule has 7 nitrogen and oxygen atoms in total. The lowest BCUT2D eigenvalue weighted by atomic mass is 9.61. The molecule has 2 saturated heterocycles. The van der Waals surface area contributed by atoms with Crippen LogP contribution in [0.15, 0.2) is 51.1 Å². The number of fused-ring (bicyclic) bond motifs is 2. The molecule has 0 unspecified atom stereocenters. The number of azo groups is 1. The van der Waals surface area contributed by atoms with Crippen LogP contribution in [-0.4, -0.2) is 48.4 Å². The largest absolute Gasteiger partial charge is 0.370 e. The van der Waals surface area contributed by atoms with Gasteiger partial charge in [0.05, 0.1) is 31.7 Å². The van der Waals surface area contributed by atoms with E-state index in [4.69, 9.17) is 4.74 Å². The molecule has 7 heteroatoms. The number of rotatable bonds is 1. The monoisotopic (exact) mass is 446 g/mol. The Bertz CT molecular complexity index is 1180. The number of carbonyl (C=O) groups is 2. The summed E-state index contributed by atoms with van der Waals surface area (Å²) in [6.45, 7) is 10.4. The van der Waals surface area contributed by atoms with Crippen molar-refractivity contribution >= 4 is 11.7 Å². The molecule has 1 atom stereocenters. The maximum Gasteiger partial charge on any atom is 0.254 e. The normalized spacial score (nSPS) is 28.8. The Labute approximate surface area is 194 Å². The first-order valence-corrected chi connectivity index (χ1v) is 11.8. The van der Waals surface area contributed by atoms with Crippen LogP contribution in [0.2, 0.25) is 0 Å². The smallest absolute Gasteiger partial charge is 0.254 e. The molecule has 2 fully saturated rings. The fraction of sp³-hybridized carbons (Fsp3) is 0.538. The number of benzene rings is 1. The van der Waals surface area contributed by atoms with Crippen LogP contribution in [-0.2, 0) is 9.53 Å². The number of amides is 1. The zero-order chi connectivity index (χ0) is 23.2. The fourth-order valence-electron chi connectivity index (χ4n) is 6.63. The van der Waals surface area contributed by atoms with Gasteiger partial charge in [-0.05, 0) is 44.2 Å². The molecule has 4 heterocycles. The van der Waals surface area contributed by atoms with Crippen molar-refractivity contribution in [2.45, 2.75) is 52.6 Å². The molecule has 0 aromatic heterocycles. The number of ether oxygens (including phenoxy) is 1. The summed E-state index contributed by atoms with van der Waals surface area (Å²) in [4.78, 5) is 28.4. The Hall–Kier alpha value is -2.80. The van der Waals surface area contributed by atoms with Crippen molar-refractivity contribution in [1.82, 2.24) is 10.2 Å². The van der Waals surface area contributed by atoms with E-state index >= 15 is 0 Å². The van der Waals surface area contributed by atoms with Crippen molar-refractivity contribution in [3.63, 3.8) is 0 Å². The molecule has 2 spiro atoms. The molecule has 1 aliphatic carbocycles. The third kappa shape index (κ3) is 3.05. The minimum atomic E-state index is -0.484. The second-order valence-corrected chi connectivity index (χ2v) is 11.4. The van der Waals surface area contributed by atoms with Crippen LogP contribution < -0.4 is 5.32 Å². The van der Waals surface area contributed by atoms with Gasteiger partial charge in [-0.15, -0.1) is 5.11 Å². The molecule has 0 radical (unpaired) electrons. The number of nitrogens with zero attached hydrogens (tertiary/aromatic N) is 3. The molecule has 5 aliphatic rings. The molecule has 1 N–H and O–H groups in total. The number of aryl methyl sites for hydroxylation is 2. The summed E-state index contributed by atoms with van der Waals surface area (Å²) in [6.07, 6.45) is 2.05. The lowest BCUT2D eigenvalue weighted by Gasteiger charge is -2.49. The second-order valence-electron chi connectivity index (χ2n) is 11.4. The van der Waals surface area contributed by atoms with Crippen molar-refractivity contribution in [1.29, 1.82) is 0 Å². The number of hydrogen-bond donors (Lipinski definition) is 1. The standard InChI is InChI=1S/C26H30N4O3/c1-15-5-16(2)7-17(6-15)23(32)30-12-25(13-30)11-26(14-33-25)18-10-27-29-22(18)28-19-8-24(3,4)9-20(31)21(19)26/h5-7,28H,8-14H2,1-4H3/t26-/m0/s1. The number of Topliss-reactive ketones (excluding diaryl/α,β-unsaturated/α-hetero) is 1. The van der Waals surface area contributed by atoms with Gasteiger partial charge in [-0.3, -0.25) is 9.59 Å².